The first kappa shape index (κ1) is 19.0. The van der Waals surface area contributed by atoms with Gasteiger partial charge in [0.05, 0.1) is 18.7 Å². The van der Waals surface area contributed by atoms with Crippen LogP contribution >= 0.6 is 0 Å². The standard InChI is InChI=1S/C22H26N2O3/c1-15-9-10-20(27-4)19(11-15)24-14-18(12-21(24)25)22(26)23(3)13-17-8-6-5-7-16(17)2/h5-11,18H,12-14H2,1-4H3. The van der Waals surface area contributed by atoms with Gasteiger partial charge in [0.2, 0.25) is 11.8 Å². The highest BCUT2D eigenvalue weighted by molar-refractivity contribution is 6.01. The van der Waals surface area contributed by atoms with E-state index in [2.05, 4.69) is 0 Å². The van der Waals surface area contributed by atoms with Crippen molar-refractivity contribution in [2.45, 2.75) is 26.8 Å². The number of ether oxygens (including phenoxy) is 1. The van der Waals surface area contributed by atoms with Crippen LogP contribution in [0.15, 0.2) is 42.5 Å². The second-order valence-electron chi connectivity index (χ2n) is 7.20. The minimum absolute atomic E-state index is 0.000669. The fourth-order valence-electron chi connectivity index (χ4n) is 3.55. The third-order valence-corrected chi connectivity index (χ3v) is 5.14. The van der Waals surface area contributed by atoms with Crippen molar-refractivity contribution in [2.75, 3.05) is 25.6 Å². The summed E-state index contributed by atoms with van der Waals surface area (Å²) in [4.78, 5) is 28.9. The molecule has 5 nitrogen and oxygen atoms in total. The Balaban J connectivity index is 1.74. The van der Waals surface area contributed by atoms with Crippen LogP contribution in [0, 0.1) is 19.8 Å². The Morgan fingerprint density at radius 3 is 2.67 bits per heavy atom. The normalized spacial score (nSPS) is 16.5. The van der Waals surface area contributed by atoms with Crippen molar-refractivity contribution in [3.05, 3.63) is 59.2 Å². The lowest BCUT2D eigenvalue weighted by Gasteiger charge is -2.23. The van der Waals surface area contributed by atoms with Crippen molar-refractivity contribution in [1.29, 1.82) is 0 Å². The molecule has 0 aliphatic carbocycles. The number of amides is 2. The van der Waals surface area contributed by atoms with Crippen molar-refractivity contribution in [3.63, 3.8) is 0 Å². The lowest BCUT2D eigenvalue weighted by Crippen LogP contribution is -2.34. The van der Waals surface area contributed by atoms with Gasteiger partial charge < -0.3 is 14.5 Å². The summed E-state index contributed by atoms with van der Waals surface area (Å²) in [5.74, 6) is 0.273. The minimum atomic E-state index is -0.336. The largest absolute Gasteiger partial charge is 0.495 e. The van der Waals surface area contributed by atoms with Crippen LogP contribution in [-0.2, 0) is 16.1 Å². The zero-order valence-electron chi connectivity index (χ0n) is 16.4. The highest BCUT2D eigenvalue weighted by Gasteiger charge is 2.37. The number of carbonyl (C=O) groups excluding carboxylic acids is 2. The van der Waals surface area contributed by atoms with Gasteiger partial charge in [0.25, 0.3) is 0 Å². The summed E-state index contributed by atoms with van der Waals surface area (Å²) in [6, 6.07) is 13.8. The van der Waals surface area contributed by atoms with Gasteiger partial charge in [0.15, 0.2) is 0 Å². The number of hydrogen-bond donors (Lipinski definition) is 0. The second kappa shape index (κ2) is 7.82. The maximum Gasteiger partial charge on any atom is 0.228 e. The lowest BCUT2D eigenvalue weighted by molar-refractivity contribution is -0.135. The molecule has 27 heavy (non-hydrogen) atoms. The number of aryl methyl sites for hydroxylation is 2. The molecule has 2 aromatic carbocycles. The molecule has 1 aliphatic rings. The SMILES string of the molecule is COc1ccc(C)cc1N1CC(C(=O)N(C)Cc2ccccc2C)CC1=O. The molecule has 1 atom stereocenters. The van der Waals surface area contributed by atoms with Crippen LogP contribution in [0.3, 0.4) is 0 Å². The van der Waals surface area contributed by atoms with Gasteiger partial charge in [0, 0.05) is 26.6 Å². The molecule has 2 aromatic rings. The van der Waals surface area contributed by atoms with Crippen molar-refractivity contribution in [1.82, 2.24) is 4.90 Å². The number of anilines is 1. The molecule has 0 aromatic heterocycles. The van der Waals surface area contributed by atoms with E-state index in [0.29, 0.717) is 18.8 Å². The topological polar surface area (TPSA) is 49.9 Å². The van der Waals surface area contributed by atoms with Crippen LogP contribution in [0.25, 0.3) is 0 Å². The van der Waals surface area contributed by atoms with Gasteiger partial charge in [-0.25, -0.2) is 0 Å². The number of rotatable bonds is 5. The van der Waals surface area contributed by atoms with Crippen LogP contribution in [0.1, 0.15) is 23.1 Å². The van der Waals surface area contributed by atoms with E-state index in [1.165, 1.54) is 0 Å². The Morgan fingerprint density at radius 1 is 1.22 bits per heavy atom. The highest BCUT2D eigenvalue weighted by Crippen LogP contribution is 2.34. The molecule has 3 rings (SSSR count). The smallest absolute Gasteiger partial charge is 0.228 e. The van der Waals surface area contributed by atoms with E-state index in [9.17, 15) is 9.59 Å². The van der Waals surface area contributed by atoms with E-state index < -0.39 is 0 Å². The Morgan fingerprint density at radius 2 is 1.96 bits per heavy atom. The van der Waals surface area contributed by atoms with Gasteiger partial charge in [-0.2, -0.15) is 0 Å². The van der Waals surface area contributed by atoms with Crippen LogP contribution in [0.4, 0.5) is 5.69 Å². The fraction of sp³-hybridized carbons (Fsp3) is 0.364. The Bertz CT molecular complexity index is 862. The van der Waals surface area contributed by atoms with E-state index >= 15 is 0 Å². The van der Waals surface area contributed by atoms with E-state index in [1.54, 1.807) is 24.0 Å². The summed E-state index contributed by atoms with van der Waals surface area (Å²) >= 11 is 0. The molecule has 0 spiro atoms. The first-order chi connectivity index (χ1) is 12.9. The third-order valence-electron chi connectivity index (χ3n) is 5.14. The van der Waals surface area contributed by atoms with Crippen molar-refractivity contribution in [3.8, 4) is 5.75 Å². The Labute approximate surface area is 160 Å². The van der Waals surface area contributed by atoms with Gasteiger partial charge in [-0.3, -0.25) is 9.59 Å². The molecule has 1 unspecified atom stereocenters. The summed E-state index contributed by atoms with van der Waals surface area (Å²) in [5.41, 5.74) is 4.06. The van der Waals surface area contributed by atoms with Gasteiger partial charge >= 0.3 is 0 Å². The van der Waals surface area contributed by atoms with Crippen molar-refractivity contribution < 1.29 is 14.3 Å². The van der Waals surface area contributed by atoms with E-state index in [1.807, 2.05) is 56.3 Å². The van der Waals surface area contributed by atoms with Gasteiger partial charge in [0.1, 0.15) is 5.75 Å². The Hall–Kier alpha value is -2.82. The maximum absolute atomic E-state index is 12.9. The molecular weight excluding hydrogens is 340 g/mol. The molecule has 0 radical (unpaired) electrons. The molecule has 0 saturated carbocycles. The molecule has 1 heterocycles. The summed E-state index contributed by atoms with van der Waals surface area (Å²) in [7, 11) is 3.39. The molecule has 5 heteroatoms. The highest BCUT2D eigenvalue weighted by atomic mass is 16.5. The van der Waals surface area contributed by atoms with Crippen molar-refractivity contribution in [2.24, 2.45) is 5.92 Å². The third kappa shape index (κ3) is 3.97. The molecule has 0 bridgehead atoms. The minimum Gasteiger partial charge on any atom is -0.495 e. The van der Waals surface area contributed by atoms with E-state index in [0.717, 1.165) is 22.4 Å². The number of hydrogen-bond acceptors (Lipinski definition) is 3. The molecule has 1 fully saturated rings. The average molecular weight is 366 g/mol. The molecule has 1 saturated heterocycles. The lowest BCUT2D eigenvalue weighted by atomic mass is 10.1. The summed E-state index contributed by atoms with van der Waals surface area (Å²) in [6.45, 7) is 4.94. The molecule has 1 aliphatic heterocycles. The fourth-order valence-corrected chi connectivity index (χ4v) is 3.55. The molecule has 142 valence electrons. The predicted molar refractivity (Wildman–Crippen MR) is 106 cm³/mol. The predicted octanol–water partition coefficient (Wildman–Crippen LogP) is 3.32. The zero-order chi connectivity index (χ0) is 19.6. The van der Waals surface area contributed by atoms with Crippen molar-refractivity contribution >= 4 is 17.5 Å². The number of benzene rings is 2. The number of methoxy groups -OCH3 is 1. The zero-order valence-corrected chi connectivity index (χ0v) is 16.4. The monoisotopic (exact) mass is 366 g/mol. The van der Waals surface area contributed by atoms with Crippen LogP contribution in [0.5, 0.6) is 5.75 Å². The van der Waals surface area contributed by atoms with Gasteiger partial charge in [-0.05, 0) is 42.7 Å². The second-order valence-corrected chi connectivity index (χ2v) is 7.20. The molecule has 2 amide bonds. The number of nitrogens with zero attached hydrogens (tertiary/aromatic N) is 2. The summed E-state index contributed by atoms with van der Waals surface area (Å²) in [5, 5.41) is 0. The number of carbonyl (C=O) groups is 2. The molecule has 0 N–H and O–H groups in total. The summed E-state index contributed by atoms with van der Waals surface area (Å²) < 4.78 is 5.41. The van der Waals surface area contributed by atoms with E-state index in [-0.39, 0.29) is 24.2 Å². The van der Waals surface area contributed by atoms with Gasteiger partial charge in [-0.15, -0.1) is 0 Å². The van der Waals surface area contributed by atoms with E-state index in [4.69, 9.17) is 4.74 Å². The van der Waals surface area contributed by atoms with Crippen LogP contribution in [0.2, 0.25) is 0 Å². The average Bonchev–Trinajstić information content (AvgIpc) is 3.04. The first-order valence-electron chi connectivity index (χ1n) is 9.15. The van der Waals surface area contributed by atoms with Crippen LogP contribution in [-0.4, -0.2) is 37.4 Å². The van der Waals surface area contributed by atoms with Crippen LogP contribution < -0.4 is 9.64 Å². The van der Waals surface area contributed by atoms with Gasteiger partial charge in [-0.1, -0.05) is 30.3 Å². The summed E-state index contributed by atoms with van der Waals surface area (Å²) in [6.07, 6.45) is 0.230. The quantitative estimate of drug-likeness (QED) is 0.816. The first-order valence-corrected chi connectivity index (χ1v) is 9.15. The molecular formula is C22H26N2O3. The maximum atomic E-state index is 12.9. The Kier molecular flexibility index (Phi) is 5.49.